The molecule has 15 rings (SSSR count). The molecule has 3 aliphatic rings. The molecule has 0 spiro atoms. The number of hydrogen-bond acceptors (Lipinski definition) is 23. The third kappa shape index (κ3) is 22.9. The number of anilines is 3. The number of rotatable bonds is 21. The van der Waals surface area contributed by atoms with Crippen molar-refractivity contribution in [3.05, 3.63) is 255 Å². The van der Waals surface area contributed by atoms with Crippen molar-refractivity contribution in [3.63, 3.8) is 0 Å². The zero-order valence-electron chi connectivity index (χ0n) is 73.1. The molecule has 9 heterocycles. The van der Waals surface area contributed by atoms with Crippen molar-refractivity contribution in [2.75, 3.05) is 95.3 Å². The summed E-state index contributed by atoms with van der Waals surface area (Å²) in [7, 11) is 3.19. The molecule has 6 atom stereocenters. The zero-order valence-corrected chi connectivity index (χ0v) is 73.1. The second-order valence-corrected chi connectivity index (χ2v) is 31.5. The van der Waals surface area contributed by atoms with Gasteiger partial charge in [-0.2, -0.15) is 52.7 Å². The molecule has 3 saturated heterocycles. The molecule has 3 aliphatic heterocycles. The van der Waals surface area contributed by atoms with Gasteiger partial charge in [0.25, 0.3) is 17.7 Å². The van der Waals surface area contributed by atoms with E-state index in [1.54, 1.807) is 73.2 Å². The molecule has 720 valence electrons. The van der Waals surface area contributed by atoms with Gasteiger partial charge in [0.2, 0.25) is 0 Å². The summed E-state index contributed by atoms with van der Waals surface area (Å²) in [5.74, 6) is -14.4. The van der Waals surface area contributed by atoms with Crippen molar-refractivity contribution in [3.8, 4) is 34.0 Å². The van der Waals surface area contributed by atoms with Crippen LogP contribution in [0, 0.1) is 62.6 Å². The number of aryl methyl sites for hydroxylation is 4. The van der Waals surface area contributed by atoms with Gasteiger partial charge in [0.05, 0.1) is 88.8 Å². The lowest BCUT2D eigenvalue weighted by Gasteiger charge is -2.38. The van der Waals surface area contributed by atoms with E-state index in [0.29, 0.717) is 103 Å². The highest BCUT2D eigenvalue weighted by molar-refractivity contribution is 6.02. The molecule has 6 aromatic carbocycles. The monoisotopic (exact) mass is 1930 g/mol. The van der Waals surface area contributed by atoms with Gasteiger partial charge >= 0.3 is 42.6 Å². The van der Waals surface area contributed by atoms with Gasteiger partial charge < -0.3 is 59.1 Å². The SMILES string of the molecule is COC(=O)[C@H](Cc1ccc(-c2nc(C)cc(C)n2)c2ncccc12)NC(=O)c1c(F)cc(N2CCOC[C@@H]2C(F)(F)F)cc1F.COC(=O)[C@H](Cc1ccc(-c2ncc(C)cc2C(F)(F)F)c2ncccc12)NC(=O)c1c(F)cc(N2CCOC[C@@H]2C(F)(F)F)cc1F.COC(=O)[C@H](Cc1ccc(-c2nccc(C)n2)c2ncccc12)NC(=O)c1c(F)cc(N2CCOC[C@@H]2C(F)(F)F)cc1F. The van der Waals surface area contributed by atoms with Crippen molar-refractivity contribution in [2.24, 2.45) is 0 Å². The lowest BCUT2D eigenvalue weighted by Crippen LogP contribution is -2.53. The molecule has 3 fully saturated rings. The molecule has 12 aromatic rings. The molecule has 6 aromatic heterocycles. The van der Waals surface area contributed by atoms with Gasteiger partial charge in [-0.3, -0.25) is 34.3 Å². The van der Waals surface area contributed by atoms with Crippen LogP contribution in [0.3, 0.4) is 0 Å². The van der Waals surface area contributed by atoms with Crippen LogP contribution in [0.4, 0.5) is 96.1 Å². The average molecular weight is 1930 g/mol. The van der Waals surface area contributed by atoms with Crippen LogP contribution >= 0.6 is 0 Å². The van der Waals surface area contributed by atoms with E-state index in [-0.39, 0.29) is 81.1 Å². The summed E-state index contributed by atoms with van der Waals surface area (Å²) in [6, 6.07) is 17.1. The van der Waals surface area contributed by atoms with Crippen LogP contribution in [0.5, 0.6) is 0 Å². The lowest BCUT2D eigenvalue weighted by atomic mass is 9.95. The number of benzene rings is 6. The number of nitrogens with zero attached hydrogens (tertiary/aromatic N) is 11. The predicted octanol–water partition coefficient (Wildman–Crippen LogP) is 15.6. The Bertz CT molecular complexity index is 6490. The Morgan fingerprint density at radius 3 is 1.04 bits per heavy atom. The first-order chi connectivity index (χ1) is 64.9. The number of carbonyl (C=O) groups excluding carboxylic acids is 6. The van der Waals surface area contributed by atoms with E-state index in [9.17, 15) is 81.5 Å². The number of morpholine rings is 3. The Morgan fingerprint density at radius 1 is 0.394 bits per heavy atom. The molecule has 44 heteroatoms. The number of alkyl halides is 12. The maximum atomic E-state index is 15.2. The maximum absolute atomic E-state index is 15.2. The van der Waals surface area contributed by atoms with Crippen molar-refractivity contribution in [1.82, 2.24) is 55.8 Å². The first-order valence-electron chi connectivity index (χ1n) is 41.6. The van der Waals surface area contributed by atoms with Crippen LogP contribution in [0.15, 0.2) is 158 Å². The minimum Gasteiger partial charge on any atom is -0.467 e. The number of fused-ring (bicyclic) bond motifs is 3. The van der Waals surface area contributed by atoms with Gasteiger partial charge in [-0.25, -0.2) is 60.7 Å². The topological polar surface area (TPSA) is 307 Å². The minimum absolute atomic E-state index is 0.0394. The standard InChI is InChI=1S/C32H26F8N4O4.C31H28F5N5O4.C30H26F5N5O4/c1-16-10-21(31(35,36)37)28(42-14-16)20-6-5-17(19-4-3-7-41-27(19)20)11-24(30(46)47-2)43-29(45)26-22(33)12-18(13-23(26)34)44-8-9-48-15-25(44)32(38,39)40;1-16-11-17(2)39-28(38-16)21-7-6-18(20-5-4-8-37-27(20)21)12-24(30(43)44-3)40-29(42)26-22(32)13-19(14-23(26)33)41-9-10-45-15-25(41)31(34,35)36;1-16-7-9-37-27(38-16)20-6-5-17(19-4-3-8-36-26(19)20)12-23(29(42)43-2)39-28(41)25-21(31)13-18(14-22(25)32)40-10-11-44-15-24(40)30(33,34)35/h3-7,10,12-14,24-25H,8-9,11,15H2,1-2H3,(H,43,45);4-8,11,13-14,24-25H,9-10,12,15H2,1-3H3,(H,40,42);3-9,13-14,23-24H,10-12,15H2,1-2H3,(H,39,41)/t2*24-,25+;23-,24+/m000/s1. The number of esters is 3. The van der Waals surface area contributed by atoms with Crippen LogP contribution in [0.25, 0.3) is 66.7 Å². The van der Waals surface area contributed by atoms with Crippen LogP contribution < -0.4 is 30.7 Å². The lowest BCUT2D eigenvalue weighted by molar-refractivity contribution is -0.167. The molecule has 0 radical (unpaired) electrons. The number of pyridine rings is 4. The Kier molecular flexibility index (Phi) is 30.6. The van der Waals surface area contributed by atoms with Crippen LogP contribution in [0.1, 0.15) is 76.0 Å². The number of carbonyl (C=O) groups is 6. The first kappa shape index (κ1) is 100. The summed E-state index contributed by atoms with van der Waals surface area (Å²) in [5.41, 5.74) is 0.528. The Labute approximate surface area is 766 Å². The third-order valence-electron chi connectivity index (χ3n) is 22.3. The number of ether oxygens (including phenoxy) is 6. The van der Waals surface area contributed by atoms with E-state index in [1.807, 2.05) is 26.8 Å². The molecule has 0 aliphatic carbocycles. The minimum atomic E-state index is -4.77. The molecule has 0 unspecified atom stereocenters. The van der Waals surface area contributed by atoms with E-state index < -0.39 is 191 Å². The third-order valence-corrected chi connectivity index (χ3v) is 22.3. The first-order valence-corrected chi connectivity index (χ1v) is 41.6. The summed E-state index contributed by atoms with van der Waals surface area (Å²) in [5, 5.41) is 8.36. The quantitative estimate of drug-likeness (QED) is 0.0342. The molecule has 137 heavy (non-hydrogen) atoms. The fourth-order valence-electron chi connectivity index (χ4n) is 15.9. The second kappa shape index (κ2) is 41.9. The van der Waals surface area contributed by atoms with Gasteiger partial charge in [0.15, 0.2) is 11.6 Å². The molecule has 3 N–H and O–H groups in total. The Hall–Kier alpha value is -14.3. The largest absolute Gasteiger partial charge is 0.467 e. The van der Waals surface area contributed by atoms with Gasteiger partial charge in [-0.15, -0.1) is 0 Å². The fourth-order valence-corrected chi connectivity index (χ4v) is 15.9. The van der Waals surface area contributed by atoms with Gasteiger partial charge in [-0.1, -0.05) is 42.5 Å². The summed E-state index contributed by atoms with van der Waals surface area (Å²) in [6.07, 6.45) is -12.2. The molecule has 26 nitrogen and oxygen atoms in total. The van der Waals surface area contributed by atoms with E-state index >= 15 is 26.3 Å². The number of aromatic nitrogens is 8. The molecular weight excluding hydrogens is 1850 g/mol. The highest BCUT2D eigenvalue weighted by Crippen LogP contribution is 2.42. The zero-order chi connectivity index (χ0) is 99.0. The highest BCUT2D eigenvalue weighted by atomic mass is 19.4. The second-order valence-electron chi connectivity index (χ2n) is 31.5. The smallest absolute Gasteiger partial charge is 0.418 e. The number of halogens is 18. The number of amides is 3. The number of methoxy groups -OCH3 is 3. The molecule has 0 saturated carbocycles. The Balaban J connectivity index is 0.000000174. The van der Waals surface area contributed by atoms with Gasteiger partial charge in [0, 0.05) is 137 Å². The maximum Gasteiger partial charge on any atom is 0.418 e. The molecular formula is C93H80F18N14O12. The van der Waals surface area contributed by atoms with E-state index in [4.69, 9.17) is 28.4 Å². The van der Waals surface area contributed by atoms with Crippen molar-refractivity contribution >= 4 is 85.4 Å². The van der Waals surface area contributed by atoms with Crippen molar-refractivity contribution in [2.45, 2.75) is 108 Å². The summed E-state index contributed by atoms with van der Waals surface area (Å²) >= 11 is 0. The number of nitrogens with one attached hydrogen (secondary N) is 3. The van der Waals surface area contributed by atoms with Gasteiger partial charge in [-0.05, 0) is 135 Å². The van der Waals surface area contributed by atoms with Crippen molar-refractivity contribution < 1.29 is 136 Å². The van der Waals surface area contributed by atoms with E-state index in [0.717, 1.165) is 59.2 Å². The van der Waals surface area contributed by atoms with E-state index in [1.165, 1.54) is 43.6 Å². The van der Waals surface area contributed by atoms with Crippen LogP contribution in [-0.4, -0.2) is 211 Å². The predicted molar refractivity (Wildman–Crippen MR) is 458 cm³/mol. The molecule has 3 amide bonds. The van der Waals surface area contributed by atoms with E-state index in [2.05, 4.69) is 55.8 Å². The summed E-state index contributed by atoms with van der Waals surface area (Å²) in [4.78, 5) is 115. The van der Waals surface area contributed by atoms with Gasteiger partial charge in [0.1, 0.15) is 87.8 Å². The van der Waals surface area contributed by atoms with Crippen LogP contribution in [-0.2, 0) is 68.2 Å². The average Bonchev–Trinajstić information content (AvgIpc) is 0.764. The normalized spacial score (nSPS) is 16.1. The number of hydrogen-bond donors (Lipinski definition) is 3. The fraction of sp³-hybridized carbons (Fsp3) is 0.312. The molecule has 0 bridgehead atoms. The van der Waals surface area contributed by atoms with Crippen molar-refractivity contribution in [1.29, 1.82) is 0 Å². The highest BCUT2D eigenvalue weighted by Gasteiger charge is 2.49. The summed E-state index contributed by atoms with van der Waals surface area (Å²) < 4.78 is 284. The Morgan fingerprint density at radius 2 is 0.715 bits per heavy atom. The van der Waals surface area contributed by atoms with Crippen LogP contribution in [0.2, 0.25) is 0 Å². The summed E-state index contributed by atoms with van der Waals surface area (Å²) in [6.45, 7) is 3.64.